The van der Waals surface area contributed by atoms with Crippen LogP contribution >= 0.6 is 0 Å². The van der Waals surface area contributed by atoms with Gasteiger partial charge in [-0.1, -0.05) is 13.8 Å². The molecule has 1 heterocycles. The highest BCUT2D eigenvalue weighted by molar-refractivity contribution is 7.87. The van der Waals surface area contributed by atoms with E-state index in [2.05, 4.69) is 23.9 Å². The molecule has 1 unspecified atom stereocenters. The van der Waals surface area contributed by atoms with Crippen LogP contribution in [0.2, 0.25) is 0 Å². The highest BCUT2D eigenvalue weighted by Crippen LogP contribution is 2.08. The van der Waals surface area contributed by atoms with Crippen LogP contribution in [0.5, 0.6) is 0 Å². The van der Waals surface area contributed by atoms with Gasteiger partial charge in [0.05, 0.1) is 6.61 Å². The minimum absolute atomic E-state index is 0.0880. The Hall–Kier alpha value is -0.210. The molecule has 0 saturated carbocycles. The normalized spacial score (nSPS) is 21.2. The smallest absolute Gasteiger partial charge is 0.279 e. The molecule has 0 radical (unpaired) electrons. The highest BCUT2D eigenvalue weighted by Gasteiger charge is 2.23. The third-order valence-corrected chi connectivity index (χ3v) is 4.72. The van der Waals surface area contributed by atoms with Gasteiger partial charge in [-0.2, -0.15) is 17.4 Å². The van der Waals surface area contributed by atoms with Gasteiger partial charge in [0, 0.05) is 32.3 Å². The largest absolute Gasteiger partial charge is 0.380 e. The quantitative estimate of drug-likeness (QED) is 0.632. The molecular weight excluding hydrogens is 266 g/mol. The summed E-state index contributed by atoms with van der Waals surface area (Å²) in [5.74, 6) is 0. The molecule has 0 aliphatic carbocycles. The molecule has 0 amide bonds. The molecule has 1 atom stereocenters. The summed E-state index contributed by atoms with van der Waals surface area (Å²) in [4.78, 5) is 0. The molecule has 1 aliphatic rings. The van der Waals surface area contributed by atoms with Crippen molar-refractivity contribution < 1.29 is 13.2 Å². The summed E-state index contributed by atoms with van der Waals surface area (Å²) < 4.78 is 33.5. The Morgan fingerprint density at radius 3 is 2.74 bits per heavy atom. The van der Waals surface area contributed by atoms with E-state index in [0.717, 1.165) is 32.4 Å². The molecule has 1 aliphatic heterocycles. The van der Waals surface area contributed by atoms with E-state index in [-0.39, 0.29) is 6.04 Å². The van der Waals surface area contributed by atoms with Crippen LogP contribution in [0.1, 0.15) is 33.1 Å². The lowest BCUT2D eigenvalue weighted by Gasteiger charge is -2.26. The molecule has 19 heavy (non-hydrogen) atoms. The monoisotopic (exact) mass is 293 g/mol. The van der Waals surface area contributed by atoms with E-state index in [9.17, 15) is 8.42 Å². The van der Waals surface area contributed by atoms with E-state index in [1.165, 1.54) is 4.31 Å². The SMILES string of the molecule is CC(C)NCCCN(C)S(=O)(=O)NC1CCCOC1. The van der Waals surface area contributed by atoms with Crippen LogP contribution in [0.25, 0.3) is 0 Å². The van der Waals surface area contributed by atoms with Crippen molar-refractivity contribution in [2.45, 2.75) is 45.2 Å². The molecule has 6 nitrogen and oxygen atoms in total. The van der Waals surface area contributed by atoms with Gasteiger partial charge in [0.2, 0.25) is 0 Å². The lowest BCUT2D eigenvalue weighted by Crippen LogP contribution is -2.47. The van der Waals surface area contributed by atoms with E-state index in [1.807, 2.05) is 0 Å². The van der Waals surface area contributed by atoms with Crippen molar-refractivity contribution in [3.05, 3.63) is 0 Å². The Morgan fingerprint density at radius 2 is 2.16 bits per heavy atom. The summed E-state index contributed by atoms with van der Waals surface area (Å²) in [5.41, 5.74) is 0. The predicted octanol–water partition coefficient (Wildman–Crippen LogP) is 0.320. The van der Waals surface area contributed by atoms with E-state index >= 15 is 0 Å². The fraction of sp³-hybridized carbons (Fsp3) is 1.00. The van der Waals surface area contributed by atoms with E-state index in [1.54, 1.807) is 7.05 Å². The van der Waals surface area contributed by atoms with Gasteiger partial charge in [-0.3, -0.25) is 0 Å². The Kier molecular flexibility index (Phi) is 7.23. The number of hydrogen-bond donors (Lipinski definition) is 2. The zero-order chi connectivity index (χ0) is 14.3. The fourth-order valence-electron chi connectivity index (χ4n) is 1.95. The Bertz CT molecular complexity index is 340. The number of nitrogens with one attached hydrogen (secondary N) is 2. The van der Waals surface area contributed by atoms with E-state index in [0.29, 0.717) is 19.2 Å². The summed E-state index contributed by atoms with van der Waals surface area (Å²) in [5, 5.41) is 3.27. The number of ether oxygens (including phenoxy) is 1. The molecule has 0 aromatic carbocycles. The van der Waals surface area contributed by atoms with Crippen molar-refractivity contribution in [2.75, 3.05) is 33.4 Å². The van der Waals surface area contributed by atoms with Gasteiger partial charge < -0.3 is 10.1 Å². The van der Waals surface area contributed by atoms with Crippen LogP contribution < -0.4 is 10.0 Å². The Balaban J connectivity index is 2.30. The molecule has 7 heteroatoms. The van der Waals surface area contributed by atoms with Gasteiger partial charge in [0.1, 0.15) is 0 Å². The minimum Gasteiger partial charge on any atom is -0.380 e. The first kappa shape index (κ1) is 16.8. The van der Waals surface area contributed by atoms with Gasteiger partial charge in [0.25, 0.3) is 10.2 Å². The van der Waals surface area contributed by atoms with Crippen LogP contribution in [0.15, 0.2) is 0 Å². The summed E-state index contributed by atoms with van der Waals surface area (Å²) in [6.07, 6.45) is 2.56. The van der Waals surface area contributed by atoms with Crippen LogP contribution in [-0.2, 0) is 14.9 Å². The first-order valence-corrected chi connectivity index (χ1v) is 8.40. The first-order chi connectivity index (χ1) is 8.92. The van der Waals surface area contributed by atoms with Gasteiger partial charge in [0.15, 0.2) is 0 Å². The van der Waals surface area contributed by atoms with Gasteiger partial charge in [-0.15, -0.1) is 0 Å². The van der Waals surface area contributed by atoms with Crippen molar-refractivity contribution >= 4 is 10.2 Å². The zero-order valence-corrected chi connectivity index (χ0v) is 13.0. The predicted molar refractivity (Wildman–Crippen MR) is 76.3 cm³/mol. The minimum atomic E-state index is -3.39. The standard InChI is InChI=1S/C12H27N3O3S/c1-11(2)13-7-5-8-15(3)19(16,17)14-12-6-4-9-18-10-12/h11-14H,4-10H2,1-3H3. The fourth-order valence-corrected chi connectivity index (χ4v) is 3.10. The average molecular weight is 293 g/mol. The maximum atomic E-state index is 12.1. The third-order valence-electron chi connectivity index (χ3n) is 3.09. The lowest BCUT2D eigenvalue weighted by molar-refractivity contribution is 0.0769. The molecule has 0 bridgehead atoms. The third kappa shape index (κ3) is 6.67. The van der Waals surface area contributed by atoms with Crippen molar-refractivity contribution in [1.29, 1.82) is 0 Å². The molecule has 0 aromatic rings. The lowest BCUT2D eigenvalue weighted by atomic mass is 10.1. The van der Waals surface area contributed by atoms with Crippen molar-refractivity contribution in [1.82, 2.24) is 14.3 Å². The summed E-state index contributed by atoms with van der Waals surface area (Å²) in [6.45, 7) is 6.69. The van der Waals surface area contributed by atoms with Gasteiger partial charge in [-0.25, -0.2) is 0 Å². The molecule has 0 spiro atoms. The number of nitrogens with zero attached hydrogens (tertiary/aromatic N) is 1. The van der Waals surface area contributed by atoms with Gasteiger partial charge >= 0.3 is 0 Å². The molecule has 1 fully saturated rings. The second-order valence-electron chi connectivity index (χ2n) is 5.32. The topological polar surface area (TPSA) is 70.7 Å². The average Bonchev–Trinajstić information content (AvgIpc) is 2.34. The molecule has 0 aromatic heterocycles. The van der Waals surface area contributed by atoms with E-state index < -0.39 is 10.2 Å². The zero-order valence-electron chi connectivity index (χ0n) is 12.2. The number of hydrogen-bond acceptors (Lipinski definition) is 4. The second kappa shape index (κ2) is 8.16. The molecule has 1 rings (SSSR count). The maximum Gasteiger partial charge on any atom is 0.279 e. The molecule has 114 valence electrons. The molecular formula is C12H27N3O3S. The Labute approximate surface area is 117 Å². The molecule has 2 N–H and O–H groups in total. The van der Waals surface area contributed by atoms with Crippen molar-refractivity contribution in [3.63, 3.8) is 0 Å². The van der Waals surface area contributed by atoms with Crippen molar-refractivity contribution in [3.8, 4) is 0 Å². The van der Waals surface area contributed by atoms with Crippen molar-refractivity contribution in [2.24, 2.45) is 0 Å². The first-order valence-electron chi connectivity index (χ1n) is 6.96. The van der Waals surface area contributed by atoms with E-state index in [4.69, 9.17) is 4.74 Å². The number of rotatable bonds is 8. The Morgan fingerprint density at radius 1 is 1.42 bits per heavy atom. The summed E-state index contributed by atoms with van der Waals surface area (Å²) >= 11 is 0. The van der Waals surface area contributed by atoms with Crippen LogP contribution in [-0.4, -0.2) is 58.2 Å². The van der Waals surface area contributed by atoms with Gasteiger partial charge in [-0.05, 0) is 25.8 Å². The maximum absolute atomic E-state index is 12.1. The van der Waals surface area contributed by atoms with Crippen LogP contribution in [0.3, 0.4) is 0 Å². The summed E-state index contributed by atoms with van der Waals surface area (Å²) in [6, 6.07) is 0.342. The highest BCUT2D eigenvalue weighted by atomic mass is 32.2. The molecule has 1 saturated heterocycles. The second-order valence-corrected chi connectivity index (χ2v) is 7.13. The van der Waals surface area contributed by atoms with Crippen LogP contribution in [0, 0.1) is 0 Å². The van der Waals surface area contributed by atoms with Crippen LogP contribution in [0.4, 0.5) is 0 Å². The summed E-state index contributed by atoms with van der Waals surface area (Å²) in [7, 11) is -1.77.